The van der Waals surface area contributed by atoms with E-state index in [-0.39, 0.29) is 0 Å². The van der Waals surface area contributed by atoms with E-state index < -0.39 is 8.48 Å². The number of para-hydroxylation sites is 3. The summed E-state index contributed by atoms with van der Waals surface area (Å²) in [5.41, 5.74) is 4.58. The van der Waals surface area contributed by atoms with Gasteiger partial charge in [0, 0.05) is 22.5 Å². The van der Waals surface area contributed by atoms with E-state index in [4.69, 9.17) is 4.43 Å². The standard InChI is InChI=1S/C30H23NOSi/c1-4-14-24(15-5-1)31-29-22-12-10-20-27(29)28-21-11-13-23-30(28)32-33(31,25-16-6-2-7-17-25)26-18-8-3-9-19-26/h1-23H/q-1. The van der Waals surface area contributed by atoms with Crippen molar-refractivity contribution in [1.82, 2.24) is 0 Å². The molecule has 0 spiro atoms. The first-order valence-electron chi connectivity index (χ1n) is 11.2. The molecule has 33 heavy (non-hydrogen) atoms. The van der Waals surface area contributed by atoms with Crippen LogP contribution in [0.15, 0.2) is 140 Å². The summed E-state index contributed by atoms with van der Waals surface area (Å²) in [4.78, 5) is 0. The van der Waals surface area contributed by atoms with Gasteiger partial charge in [0.25, 0.3) is 0 Å². The maximum atomic E-state index is 7.33. The number of nitrogens with zero attached hydrogens (tertiary/aromatic N) is 1. The van der Waals surface area contributed by atoms with Crippen molar-refractivity contribution in [2.75, 3.05) is 4.57 Å². The minimum atomic E-state index is -3.02. The van der Waals surface area contributed by atoms with Crippen LogP contribution in [-0.4, -0.2) is 8.48 Å². The second-order valence-corrected chi connectivity index (χ2v) is 11.3. The molecule has 0 saturated heterocycles. The van der Waals surface area contributed by atoms with Crippen molar-refractivity contribution in [1.29, 1.82) is 0 Å². The van der Waals surface area contributed by atoms with E-state index in [1.54, 1.807) is 0 Å². The minimum absolute atomic E-state index is 0.919. The van der Waals surface area contributed by atoms with Gasteiger partial charge in [-0.15, -0.1) is 10.4 Å². The first kappa shape index (κ1) is 19.6. The third-order valence-corrected chi connectivity index (χ3v) is 10.1. The Morgan fingerprint density at radius 1 is 0.455 bits per heavy atom. The van der Waals surface area contributed by atoms with E-state index in [9.17, 15) is 0 Å². The molecule has 159 valence electrons. The van der Waals surface area contributed by atoms with Crippen LogP contribution in [0, 0.1) is 0 Å². The minimum Gasteiger partial charge on any atom is -0.668 e. The number of benzene rings is 5. The second-order valence-electron chi connectivity index (χ2n) is 8.16. The van der Waals surface area contributed by atoms with Crippen molar-refractivity contribution in [2.45, 2.75) is 0 Å². The van der Waals surface area contributed by atoms with Gasteiger partial charge in [-0.05, 0) is 24.3 Å². The van der Waals surface area contributed by atoms with Gasteiger partial charge in [-0.2, -0.15) is 0 Å². The van der Waals surface area contributed by atoms with Crippen LogP contribution in [0.1, 0.15) is 0 Å². The second kappa shape index (κ2) is 8.12. The number of hydrogen-bond donors (Lipinski definition) is 0. The van der Waals surface area contributed by atoms with Crippen molar-refractivity contribution >= 4 is 30.2 Å². The average Bonchev–Trinajstić information content (AvgIpc) is 3.03. The van der Waals surface area contributed by atoms with Crippen LogP contribution >= 0.6 is 0 Å². The van der Waals surface area contributed by atoms with Crippen LogP contribution in [0.3, 0.4) is 0 Å². The Labute approximate surface area is 195 Å². The predicted octanol–water partition coefficient (Wildman–Crippen LogP) is 6.14. The summed E-state index contributed by atoms with van der Waals surface area (Å²) in [7, 11) is -3.02. The molecular formula is C30H23NOSi-. The fraction of sp³-hybridized carbons (Fsp3) is 0. The Morgan fingerprint density at radius 3 is 1.58 bits per heavy atom. The summed E-state index contributed by atoms with van der Waals surface area (Å²) >= 11 is 0. The molecule has 0 atom stereocenters. The van der Waals surface area contributed by atoms with Gasteiger partial charge in [0.1, 0.15) is 0 Å². The van der Waals surface area contributed by atoms with Crippen molar-refractivity contribution in [3.05, 3.63) is 140 Å². The monoisotopic (exact) mass is 441 g/mol. The predicted molar refractivity (Wildman–Crippen MR) is 139 cm³/mol. The van der Waals surface area contributed by atoms with Crippen molar-refractivity contribution < 1.29 is 4.43 Å². The van der Waals surface area contributed by atoms with Gasteiger partial charge in [-0.1, -0.05) is 115 Å². The number of anilines is 2. The van der Waals surface area contributed by atoms with Crippen LogP contribution < -0.4 is 19.4 Å². The molecule has 1 aliphatic rings. The van der Waals surface area contributed by atoms with Gasteiger partial charge in [0.15, 0.2) is 0 Å². The van der Waals surface area contributed by atoms with E-state index >= 15 is 0 Å². The molecule has 0 aromatic heterocycles. The normalized spacial score (nSPS) is 13.9. The number of rotatable bonds is 3. The third kappa shape index (κ3) is 3.17. The van der Waals surface area contributed by atoms with Gasteiger partial charge >= 0.3 is 0 Å². The van der Waals surface area contributed by atoms with E-state index in [0.29, 0.717) is 0 Å². The van der Waals surface area contributed by atoms with Crippen LogP contribution in [0.2, 0.25) is 0 Å². The lowest BCUT2D eigenvalue weighted by molar-refractivity contribution is 0.567. The van der Waals surface area contributed by atoms with Crippen molar-refractivity contribution in [3.8, 4) is 16.9 Å². The van der Waals surface area contributed by atoms with Crippen molar-refractivity contribution in [3.63, 3.8) is 0 Å². The summed E-state index contributed by atoms with van der Waals surface area (Å²) in [6, 6.07) is 49.2. The van der Waals surface area contributed by atoms with Gasteiger partial charge < -0.3 is 8.99 Å². The molecule has 5 aromatic rings. The zero-order chi connectivity index (χ0) is 22.1. The lowest BCUT2D eigenvalue weighted by atomic mass is 10.0. The Hall–Kier alpha value is -4.08. The number of fused-ring (bicyclic) bond motifs is 3. The Bertz CT molecular complexity index is 1350. The molecule has 1 aliphatic heterocycles. The Kier molecular flexibility index (Phi) is 4.82. The molecule has 1 heterocycles. The van der Waals surface area contributed by atoms with Gasteiger partial charge in [0.05, 0.1) is 5.75 Å². The molecule has 0 bridgehead atoms. The highest BCUT2D eigenvalue weighted by Gasteiger charge is 2.39. The molecule has 2 nitrogen and oxygen atoms in total. The first-order valence-corrected chi connectivity index (χ1v) is 13.1. The van der Waals surface area contributed by atoms with Gasteiger partial charge in [-0.3, -0.25) is 0 Å². The molecule has 5 aromatic carbocycles. The van der Waals surface area contributed by atoms with Gasteiger partial charge in [-0.25, -0.2) is 0 Å². The lowest BCUT2D eigenvalue weighted by Crippen LogP contribution is -2.73. The molecule has 0 unspecified atom stereocenters. The molecule has 6 rings (SSSR count). The largest absolute Gasteiger partial charge is 0.668 e. The molecule has 0 fully saturated rings. The summed E-state index contributed by atoms with van der Waals surface area (Å²) in [5.74, 6) is 0.919. The molecule has 0 N–H and O–H groups in total. The van der Waals surface area contributed by atoms with Crippen LogP contribution in [0.4, 0.5) is 11.4 Å². The highest BCUT2D eigenvalue weighted by molar-refractivity contribution is 7.01. The fourth-order valence-electron chi connectivity index (χ4n) is 4.82. The average molecular weight is 442 g/mol. The summed E-state index contributed by atoms with van der Waals surface area (Å²) in [6.07, 6.45) is 0. The van der Waals surface area contributed by atoms with Crippen molar-refractivity contribution in [2.24, 2.45) is 0 Å². The summed E-state index contributed by atoms with van der Waals surface area (Å²) in [6.45, 7) is 0. The topological polar surface area (TPSA) is 12.5 Å². The maximum Gasteiger partial charge on any atom is 0.218 e. The number of hydrogen-bond acceptors (Lipinski definition) is 2. The molecule has 0 radical (unpaired) electrons. The molecule has 0 aliphatic carbocycles. The lowest BCUT2D eigenvalue weighted by Gasteiger charge is -2.54. The van der Waals surface area contributed by atoms with E-state index in [1.807, 2.05) is 0 Å². The Balaban J connectivity index is 1.79. The quantitative estimate of drug-likeness (QED) is 0.312. The highest BCUT2D eigenvalue weighted by atomic mass is 28.4. The molecule has 3 heteroatoms. The third-order valence-electron chi connectivity index (χ3n) is 6.24. The Morgan fingerprint density at radius 2 is 0.939 bits per heavy atom. The van der Waals surface area contributed by atoms with Crippen LogP contribution in [0.5, 0.6) is 5.75 Å². The zero-order valence-corrected chi connectivity index (χ0v) is 19.1. The fourth-order valence-corrected chi connectivity index (χ4v) is 8.83. The van der Waals surface area contributed by atoms with E-state index in [1.165, 1.54) is 15.9 Å². The maximum absolute atomic E-state index is 7.33. The zero-order valence-electron chi connectivity index (χ0n) is 18.1. The van der Waals surface area contributed by atoms with E-state index in [2.05, 4.69) is 144 Å². The summed E-state index contributed by atoms with van der Waals surface area (Å²) in [5, 5.41) is 2.40. The summed E-state index contributed by atoms with van der Waals surface area (Å²) < 4.78 is 9.81. The SMILES string of the molecule is c1ccc(N2c3ccccc3-c3ccccc3O[Si-]2(c2ccccc2)c2ccccc2)cc1. The first-order chi connectivity index (χ1) is 16.4. The van der Waals surface area contributed by atoms with Gasteiger partial charge in [0.2, 0.25) is 8.48 Å². The van der Waals surface area contributed by atoms with Crippen LogP contribution in [-0.2, 0) is 0 Å². The smallest absolute Gasteiger partial charge is 0.218 e. The molecule has 0 amide bonds. The van der Waals surface area contributed by atoms with Crippen LogP contribution in [0.25, 0.3) is 11.1 Å². The molecule has 0 saturated carbocycles. The highest BCUT2D eigenvalue weighted by Crippen LogP contribution is 2.45. The molecular weight excluding hydrogens is 418 g/mol. The van der Waals surface area contributed by atoms with E-state index in [0.717, 1.165) is 22.7 Å².